The van der Waals surface area contributed by atoms with E-state index in [0.717, 1.165) is 5.56 Å². The van der Waals surface area contributed by atoms with Gasteiger partial charge in [-0.1, -0.05) is 17.7 Å². The lowest BCUT2D eigenvalue weighted by atomic mass is 10.2. The molecule has 2 rings (SSSR count). The van der Waals surface area contributed by atoms with Crippen LogP contribution in [0.25, 0.3) is 0 Å². The van der Waals surface area contributed by atoms with E-state index >= 15 is 0 Å². The SMILES string of the molecule is Nc1ncccc1OCc1ccc(F)c(Cl)c1. The van der Waals surface area contributed by atoms with Crippen molar-refractivity contribution in [3.05, 3.63) is 52.9 Å². The second kappa shape index (κ2) is 5.01. The van der Waals surface area contributed by atoms with Crippen molar-refractivity contribution in [1.82, 2.24) is 4.98 Å². The van der Waals surface area contributed by atoms with E-state index in [1.54, 1.807) is 24.4 Å². The largest absolute Gasteiger partial charge is 0.485 e. The zero-order chi connectivity index (χ0) is 12.3. The number of hydrogen-bond acceptors (Lipinski definition) is 3. The summed E-state index contributed by atoms with van der Waals surface area (Å²) < 4.78 is 18.4. The number of hydrogen-bond donors (Lipinski definition) is 1. The standard InChI is InChI=1S/C12H10ClFN2O/c13-9-6-8(3-4-10(9)14)7-17-11-2-1-5-16-12(11)15/h1-6H,7H2,(H2,15,16). The van der Waals surface area contributed by atoms with Crippen molar-refractivity contribution in [2.24, 2.45) is 0 Å². The van der Waals surface area contributed by atoms with Crippen LogP contribution >= 0.6 is 11.6 Å². The minimum Gasteiger partial charge on any atom is -0.485 e. The number of benzene rings is 1. The van der Waals surface area contributed by atoms with Crippen LogP contribution in [0.4, 0.5) is 10.2 Å². The van der Waals surface area contributed by atoms with Crippen LogP contribution in [0.15, 0.2) is 36.5 Å². The van der Waals surface area contributed by atoms with Gasteiger partial charge in [-0.3, -0.25) is 0 Å². The molecule has 17 heavy (non-hydrogen) atoms. The van der Waals surface area contributed by atoms with Gasteiger partial charge in [-0.2, -0.15) is 0 Å². The van der Waals surface area contributed by atoms with Crippen molar-refractivity contribution in [1.29, 1.82) is 0 Å². The van der Waals surface area contributed by atoms with Crippen molar-refractivity contribution < 1.29 is 9.13 Å². The van der Waals surface area contributed by atoms with Crippen molar-refractivity contribution in [2.75, 3.05) is 5.73 Å². The van der Waals surface area contributed by atoms with Gasteiger partial charge in [-0.25, -0.2) is 9.37 Å². The first-order valence-electron chi connectivity index (χ1n) is 4.94. The molecule has 0 amide bonds. The zero-order valence-corrected chi connectivity index (χ0v) is 9.62. The monoisotopic (exact) mass is 252 g/mol. The molecule has 5 heteroatoms. The Bertz CT molecular complexity index is 534. The van der Waals surface area contributed by atoms with Gasteiger partial charge >= 0.3 is 0 Å². The normalized spacial score (nSPS) is 10.2. The molecule has 1 aromatic carbocycles. The summed E-state index contributed by atoms with van der Waals surface area (Å²) in [5, 5.41) is 0.0743. The highest BCUT2D eigenvalue weighted by atomic mass is 35.5. The molecule has 0 saturated carbocycles. The van der Waals surface area contributed by atoms with Gasteiger partial charge in [-0.15, -0.1) is 0 Å². The number of nitrogens with two attached hydrogens (primary N) is 1. The molecule has 1 heterocycles. The first-order chi connectivity index (χ1) is 8.16. The van der Waals surface area contributed by atoms with E-state index in [1.165, 1.54) is 12.1 Å². The molecule has 0 bridgehead atoms. The molecule has 0 radical (unpaired) electrons. The molecule has 0 aliphatic carbocycles. The molecule has 0 aliphatic heterocycles. The third kappa shape index (κ3) is 2.85. The molecular formula is C12H10ClFN2O. The van der Waals surface area contributed by atoms with Gasteiger partial charge in [0.1, 0.15) is 12.4 Å². The number of nitrogen functional groups attached to an aromatic ring is 1. The zero-order valence-electron chi connectivity index (χ0n) is 8.86. The van der Waals surface area contributed by atoms with E-state index < -0.39 is 5.82 Å². The summed E-state index contributed by atoms with van der Waals surface area (Å²) in [5.41, 5.74) is 6.38. The highest BCUT2D eigenvalue weighted by molar-refractivity contribution is 6.30. The van der Waals surface area contributed by atoms with Gasteiger partial charge in [0, 0.05) is 6.20 Å². The second-order valence-electron chi connectivity index (χ2n) is 3.42. The van der Waals surface area contributed by atoms with E-state index in [4.69, 9.17) is 22.1 Å². The van der Waals surface area contributed by atoms with E-state index in [9.17, 15) is 4.39 Å². The molecule has 1 aromatic heterocycles. The molecule has 0 fully saturated rings. The first-order valence-corrected chi connectivity index (χ1v) is 5.32. The Hall–Kier alpha value is -1.81. The lowest BCUT2D eigenvalue weighted by Gasteiger charge is -2.08. The Balaban J connectivity index is 2.08. The van der Waals surface area contributed by atoms with Crippen LogP contribution < -0.4 is 10.5 Å². The summed E-state index contributed by atoms with van der Waals surface area (Å²) >= 11 is 5.66. The Morgan fingerprint density at radius 3 is 2.88 bits per heavy atom. The third-order valence-electron chi connectivity index (χ3n) is 2.18. The van der Waals surface area contributed by atoms with Gasteiger partial charge in [0.05, 0.1) is 5.02 Å². The molecule has 88 valence electrons. The van der Waals surface area contributed by atoms with E-state index in [-0.39, 0.29) is 11.6 Å². The smallest absolute Gasteiger partial charge is 0.166 e. The summed E-state index contributed by atoms with van der Waals surface area (Å²) in [7, 11) is 0. The number of pyridine rings is 1. The number of rotatable bonds is 3. The van der Waals surface area contributed by atoms with Gasteiger partial charge in [0.2, 0.25) is 0 Å². The molecule has 0 aliphatic rings. The van der Waals surface area contributed by atoms with E-state index in [2.05, 4.69) is 4.98 Å². The summed E-state index contributed by atoms with van der Waals surface area (Å²) in [4.78, 5) is 3.89. The average molecular weight is 253 g/mol. The minimum absolute atomic E-state index is 0.0743. The molecule has 3 nitrogen and oxygen atoms in total. The van der Waals surface area contributed by atoms with Crippen LogP contribution in [-0.4, -0.2) is 4.98 Å². The van der Waals surface area contributed by atoms with Crippen LogP contribution in [0.5, 0.6) is 5.75 Å². The topological polar surface area (TPSA) is 48.1 Å². The van der Waals surface area contributed by atoms with Crippen LogP contribution in [0.3, 0.4) is 0 Å². The highest BCUT2D eigenvalue weighted by Gasteiger charge is 2.03. The maximum Gasteiger partial charge on any atom is 0.166 e. The fraction of sp³-hybridized carbons (Fsp3) is 0.0833. The number of anilines is 1. The summed E-state index contributed by atoms with van der Waals surface area (Å²) in [6.45, 7) is 0.260. The quantitative estimate of drug-likeness (QED) is 0.913. The summed E-state index contributed by atoms with van der Waals surface area (Å²) in [6, 6.07) is 7.86. The number of aromatic nitrogens is 1. The van der Waals surface area contributed by atoms with Crippen molar-refractivity contribution in [3.63, 3.8) is 0 Å². The number of ether oxygens (including phenoxy) is 1. The molecule has 0 spiro atoms. The molecular weight excluding hydrogens is 243 g/mol. The lowest BCUT2D eigenvalue weighted by molar-refractivity contribution is 0.307. The van der Waals surface area contributed by atoms with Gasteiger partial charge in [0.25, 0.3) is 0 Å². The Morgan fingerprint density at radius 2 is 2.18 bits per heavy atom. The molecule has 2 aromatic rings. The predicted molar refractivity (Wildman–Crippen MR) is 64.4 cm³/mol. The Morgan fingerprint density at radius 1 is 1.35 bits per heavy atom. The lowest BCUT2D eigenvalue weighted by Crippen LogP contribution is -2.00. The molecule has 0 unspecified atom stereocenters. The van der Waals surface area contributed by atoms with Crippen molar-refractivity contribution in [2.45, 2.75) is 6.61 Å². The maximum atomic E-state index is 12.9. The van der Waals surface area contributed by atoms with Crippen molar-refractivity contribution >= 4 is 17.4 Å². The summed E-state index contributed by atoms with van der Waals surface area (Å²) in [6.07, 6.45) is 1.58. The fourth-order valence-corrected chi connectivity index (χ4v) is 1.52. The van der Waals surface area contributed by atoms with Gasteiger partial charge in [0.15, 0.2) is 11.6 Å². The van der Waals surface area contributed by atoms with Crippen LogP contribution in [0.2, 0.25) is 5.02 Å². The molecule has 2 N–H and O–H groups in total. The minimum atomic E-state index is -0.448. The molecule has 0 saturated heterocycles. The predicted octanol–water partition coefficient (Wildman–Crippen LogP) is 3.04. The Kier molecular flexibility index (Phi) is 3.44. The van der Waals surface area contributed by atoms with Gasteiger partial charge < -0.3 is 10.5 Å². The van der Waals surface area contributed by atoms with Crippen LogP contribution in [0, 0.1) is 5.82 Å². The number of halogens is 2. The second-order valence-corrected chi connectivity index (χ2v) is 3.83. The maximum absolute atomic E-state index is 12.9. The highest BCUT2D eigenvalue weighted by Crippen LogP contribution is 2.20. The summed E-state index contributed by atoms with van der Waals surface area (Å²) in [5.74, 6) is 0.366. The van der Waals surface area contributed by atoms with E-state index in [1.807, 2.05) is 0 Å². The van der Waals surface area contributed by atoms with Crippen LogP contribution in [-0.2, 0) is 6.61 Å². The van der Waals surface area contributed by atoms with Gasteiger partial charge in [-0.05, 0) is 29.8 Å². The molecule has 0 atom stereocenters. The van der Waals surface area contributed by atoms with Crippen LogP contribution in [0.1, 0.15) is 5.56 Å². The first kappa shape index (κ1) is 11.7. The Labute approximate surface area is 103 Å². The van der Waals surface area contributed by atoms with Crippen molar-refractivity contribution in [3.8, 4) is 5.75 Å². The average Bonchev–Trinajstić information content (AvgIpc) is 2.32. The number of nitrogens with zero attached hydrogens (tertiary/aromatic N) is 1. The fourth-order valence-electron chi connectivity index (χ4n) is 1.32. The third-order valence-corrected chi connectivity index (χ3v) is 2.47. The van der Waals surface area contributed by atoms with E-state index in [0.29, 0.717) is 11.6 Å².